The number of nitrogens with one attached hydrogen (secondary N) is 1. The highest BCUT2D eigenvalue weighted by molar-refractivity contribution is 7.13. The summed E-state index contributed by atoms with van der Waals surface area (Å²) in [6.07, 6.45) is 0.0525. The quantitative estimate of drug-likeness (QED) is 0.803. The molecule has 0 saturated heterocycles. The number of ether oxygens (including phenoxy) is 1. The molecule has 1 aromatic carbocycles. The highest BCUT2D eigenvalue weighted by atomic mass is 32.1. The topological polar surface area (TPSA) is 88.5 Å². The van der Waals surface area contributed by atoms with Gasteiger partial charge in [-0.25, -0.2) is 9.78 Å². The number of thiazole rings is 1. The average molecular weight is 348 g/mol. The fraction of sp³-hybridized carbons (Fsp3) is 0.353. The molecule has 2 N–H and O–H groups in total. The first-order valence-electron chi connectivity index (χ1n) is 7.51. The lowest BCUT2D eigenvalue weighted by atomic mass is 10.0. The van der Waals surface area contributed by atoms with Crippen molar-refractivity contribution in [2.75, 3.05) is 7.11 Å². The van der Waals surface area contributed by atoms with Crippen LogP contribution in [0.5, 0.6) is 5.75 Å². The van der Waals surface area contributed by atoms with Gasteiger partial charge in [0.25, 0.3) is 0 Å². The number of carbonyl (C=O) groups is 2. The van der Waals surface area contributed by atoms with Gasteiger partial charge in [0.2, 0.25) is 5.91 Å². The van der Waals surface area contributed by atoms with Gasteiger partial charge in [-0.05, 0) is 18.1 Å². The third-order valence-electron chi connectivity index (χ3n) is 3.46. The Morgan fingerprint density at radius 3 is 2.75 bits per heavy atom. The van der Waals surface area contributed by atoms with Gasteiger partial charge in [0.1, 0.15) is 16.8 Å². The van der Waals surface area contributed by atoms with Crippen molar-refractivity contribution < 1.29 is 19.4 Å². The van der Waals surface area contributed by atoms with E-state index in [2.05, 4.69) is 10.3 Å². The predicted molar refractivity (Wildman–Crippen MR) is 92.2 cm³/mol. The van der Waals surface area contributed by atoms with Gasteiger partial charge in [-0.2, -0.15) is 0 Å². The summed E-state index contributed by atoms with van der Waals surface area (Å²) in [6.45, 7) is 3.51. The molecule has 0 spiro atoms. The number of aliphatic carboxylic acids is 1. The summed E-state index contributed by atoms with van der Waals surface area (Å²) < 4.78 is 5.19. The zero-order valence-electron chi connectivity index (χ0n) is 13.8. The van der Waals surface area contributed by atoms with E-state index < -0.39 is 12.0 Å². The molecule has 0 aliphatic rings. The minimum Gasteiger partial charge on any atom is -0.497 e. The van der Waals surface area contributed by atoms with Crippen LogP contribution in [-0.2, 0) is 16.0 Å². The molecule has 2 aromatic rings. The number of rotatable bonds is 7. The monoisotopic (exact) mass is 348 g/mol. The molecule has 0 bridgehead atoms. The lowest BCUT2D eigenvalue weighted by molar-refractivity contribution is -0.143. The molecule has 1 atom stereocenters. The fourth-order valence-corrected chi connectivity index (χ4v) is 3.00. The summed E-state index contributed by atoms with van der Waals surface area (Å²) in [5.74, 6) is -0.829. The van der Waals surface area contributed by atoms with Crippen molar-refractivity contribution in [3.05, 3.63) is 35.3 Å². The Bertz CT molecular complexity index is 727. The first-order valence-corrected chi connectivity index (χ1v) is 8.39. The lowest BCUT2D eigenvalue weighted by Gasteiger charge is -2.17. The van der Waals surface area contributed by atoms with Crippen LogP contribution in [0.2, 0.25) is 0 Å². The summed E-state index contributed by atoms with van der Waals surface area (Å²) in [5, 5.41) is 14.3. The molecule has 24 heavy (non-hydrogen) atoms. The fourth-order valence-electron chi connectivity index (χ4n) is 2.18. The van der Waals surface area contributed by atoms with Crippen molar-refractivity contribution in [2.24, 2.45) is 5.92 Å². The minimum atomic E-state index is -1.03. The molecule has 0 radical (unpaired) electrons. The summed E-state index contributed by atoms with van der Waals surface area (Å²) in [6, 6.07) is 6.63. The molecule has 0 aliphatic carbocycles. The number of methoxy groups -OCH3 is 1. The lowest BCUT2D eigenvalue weighted by Crippen LogP contribution is -2.44. The number of hydrogen-bond donors (Lipinski definition) is 2. The molecule has 0 unspecified atom stereocenters. The number of nitrogens with zero attached hydrogens (tertiary/aromatic N) is 1. The molecule has 128 valence electrons. The van der Waals surface area contributed by atoms with E-state index in [0.717, 1.165) is 16.3 Å². The van der Waals surface area contributed by atoms with Crippen molar-refractivity contribution in [1.82, 2.24) is 10.3 Å². The molecule has 0 aliphatic heterocycles. The third kappa shape index (κ3) is 4.55. The second kappa shape index (κ2) is 7.92. The molecule has 7 heteroatoms. The molecule has 2 rings (SSSR count). The number of amides is 1. The molecule has 1 heterocycles. The molecule has 1 amide bonds. The zero-order chi connectivity index (χ0) is 17.7. The highest BCUT2D eigenvalue weighted by Gasteiger charge is 2.23. The van der Waals surface area contributed by atoms with Gasteiger partial charge in [-0.15, -0.1) is 11.3 Å². The van der Waals surface area contributed by atoms with Gasteiger partial charge in [0.05, 0.1) is 19.2 Å². The van der Waals surface area contributed by atoms with Crippen molar-refractivity contribution in [3.8, 4) is 16.3 Å². The van der Waals surface area contributed by atoms with Crippen LogP contribution in [0.4, 0.5) is 0 Å². The molecule has 6 nitrogen and oxygen atoms in total. The maximum atomic E-state index is 12.0. The van der Waals surface area contributed by atoms with Crippen LogP contribution in [0.3, 0.4) is 0 Å². The minimum absolute atomic E-state index is 0.0525. The zero-order valence-corrected chi connectivity index (χ0v) is 14.6. The molecule has 1 aromatic heterocycles. The normalized spacial score (nSPS) is 12.0. The summed E-state index contributed by atoms with van der Waals surface area (Å²) in [7, 11) is 1.60. The van der Waals surface area contributed by atoms with Gasteiger partial charge in [-0.1, -0.05) is 26.0 Å². The van der Waals surface area contributed by atoms with Crippen molar-refractivity contribution >= 4 is 23.2 Å². The van der Waals surface area contributed by atoms with Crippen LogP contribution in [0, 0.1) is 5.92 Å². The van der Waals surface area contributed by atoms with Gasteiger partial charge in [0, 0.05) is 10.9 Å². The first kappa shape index (κ1) is 17.9. The first-order chi connectivity index (χ1) is 11.4. The Labute approximate surface area is 144 Å². The number of carboxylic acid groups (broad SMARTS) is 1. The Morgan fingerprint density at radius 1 is 1.38 bits per heavy atom. The van der Waals surface area contributed by atoms with Crippen molar-refractivity contribution in [1.29, 1.82) is 0 Å². The van der Waals surface area contributed by atoms with Crippen molar-refractivity contribution in [2.45, 2.75) is 26.3 Å². The second-order valence-electron chi connectivity index (χ2n) is 5.68. The van der Waals surface area contributed by atoms with Crippen LogP contribution < -0.4 is 10.1 Å². The van der Waals surface area contributed by atoms with E-state index in [9.17, 15) is 9.59 Å². The van der Waals surface area contributed by atoms with Crippen LogP contribution >= 0.6 is 11.3 Å². The van der Waals surface area contributed by atoms with Crippen LogP contribution in [-0.4, -0.2) is 35.1 Å². The van der Waals surface area contributed by atoms with Crippen LogP contribution in [0.1, 0.15) is 19.5 Å². The average Bonchev–Trinajstić information content (AvgIpc) is 3.00. The number of carboxylic acids is 1. The Kier molecular flexibility index (Phi) is 5.92. The molecule has 0 fully saturated rings. The molecule has 0 saturated carbocycles. The van der Waals surface area contributed by atoms with E-state index in [1.807, 2.05) is 24.3 Å². The van der Waals surface area contributed by atoms with E-state index in [0.29, 0.717) is 5.69 Å². The van der Waals surface area contributed by atoms with Crippen molar-refractivity contribution in [3.63, 3.8) is 0 Å². The standard InChI is InChI=1S/C17H20N2O4S/c1-10(2)15(17(21)22)19-14(20)8-12-9-24-16(18-12)11-5-4-6-13(7-11)23-3/h4-7,9-10,15H,8H2,1-3H3,(H,19,20)(H,21,22)/t15-/m1/s1. The number of carbonyl (C=O) groups excluding carboxylic acids is 1. The smallest absolute Gasteiger partial charge is 0.326 e. The van der Waals surface area contributed by atoms with Gasteiger partial charge in [-0.3, -0.25) is 4.79 Å². The number of aromatic nitrogens is 1. The van der Waals surface area contributed by atoms with E-state index in [4.69, 9.17) is 9.84 Å². The Hall–Kier alpha value is -2.41. The second-order valence-corrected chi connectivity index (χ2v) is 6.54. The highest BCUT2D eigenvalue weighted by Crippen LogP contribution is 2.27. The third-order valence-corrected chi connectivity index (χ3v) is 4.40. The van der Waals surface area contributed by atoms with E-state index in [1.165, 1.54) is 11.3 Å². The van der Waals surface area contributed by atoms with Crippen LogP contribution in [0.25, 0.3) is 10.6 Å². The summed E-state index contributed by atoms with van der Waals surface area (Å²) in [4.78, 5) is 27.6. The molecular weight excluding hydrogens is 328 g/mol. The Morgan fingerprint density at radius 2 is 2.12 bits per heavy atom. The number of benzene rings is 1. The SMILES string of the molecule is COc1cccc(-c2nc(CC(=O)N[C@@H](C(=O)O)C(C)C)cs2)c1. The molecular formula is C17H20N2O4S. The van der Waals surface area contributed by atoms with E-state index in [1.54, 1.807) is 26.3 Å². The van der Waals surface area contributed by atoms with E-state index in [-0.39, 0.29) is 18.2 Å². The van der Waals surface area contributed by atoms with Crippen LogP contribution in [0.15, 0.2) is 29.6 Å². The number of hydrogen-bond acceptors (Lipinski definition) is 5. The van der Waals surface area contributed by atoms with Gasteiger partial charge >= 0.3 is 5.97 Å². The summed E-state index contributed by atoms with van der Waals surface area (Å²) >= 11 is 1.43. The maximum absolute atomic E-state index is 12.0. The maximum Gasteiger partial charge on any atom is 0.326 e. The Balaban J connectivity index is 2.05. The predicted octanol–water partition coefficient (Wildman–Crippen LogP) is 2.59. The largest absolute Gasteiger partial charge is 0.497 e. The van der Waals surface area contributed by atoms with Gasteiger partial charge < -0.3 is 15.2 Å². The summed E-state index contributed by atoms with van der Waals surface area (Å²) in [5.41, 5.74) is 1.53. The van der Waals surface area contributed by atoms with E-state index >= 15 is 0 Å². The van der Waals surface area contributed by atoms with Gasteiger partial charge in [0.15, 0.2) is 0 Å².